The molecule has 4 rings (SSSR count). The number of anilines is 1. The Bertz CT molecular complexity index is 932. The van der Waals surface area contributed by atoms with Gasteiger partial charge < -0.3 is 15.0 Å². The Kier molecular flexibility index (Phi) is 5.32. The minimum atomic E-state index is -0.528. The second-order valence-corrected chi connectivity index (χ2v) is 8.33. The topological polar surface area (TPSA) is 75.7 Å². The van der Waals surface area contributed by atoms with Crippen LogP contribution in [0.25, 0.3) is 0 Å². The number of hydrogen-bond donors (Lipinski definition) is 1. The van der Waals surface area contributed by atoms with E-state index in [0.29, 0.717) is 36.5 Å². The molecule has 0 spiro atoms. The highest BCUT2D eigenvalue weighted by atomic mass is 32.2. The number of fused-ring (bicyclic) bond motifs is 1. The fourth-order valence-corrected chi connectivity index (χ4v) is 5.62. The molecule has 2 heterocycles. The Balaban J connectivity index is 1.51. The average molecular weight is 410 g/mol. The van der Waals surface area contributed by atoms with Gasteiger partial charge in [-0.15, -0.1) is 11.8 Å². The molecule has 2 fully saturated rings. The second kappa shape index (κ2) is 7.91. The van der Waals surface area contributed by atoms with Crippen molar-refractivity contribution in [2.24, 2.45) is 0 Å². The minimum Gasteiger partial charge on any atom is -0.462 e. The van der Waals surface area contributed by atoms with E-state index < -0.39 is 16.9 Å². The van der Waals surface area contributed by atoms with Gasteiger partial charge in [0.2, 0.25) is 11.8 Å². The van der Waals surface area contributed by atoms with E-state index in [0.717, 1.165) is 5.56 Å². The zero-order valence-electron chi connectivity index (χ0n) is 16.1. The van der Waals surface area contributed by atoms with Crippen LogP contribution in [0.4, 0.5) is 5.69 Å². The summed E-state index contributed by atoms with van der Waals surface area (Å²) in [6, 6.07) is 16.0. The third-order valence-electron chi connectivity index (χ3n) is 5.32. The van der Waals surface area contributed by atoms with Gasteiger partial charge in [-0.05, 0) is 43.2 Å². The molecule has 2 amide bonds. The van der Waals surface area contributed by atoms with Crippen LogP contribution < -0.4 is 5.32 Å². The van der Waals surface area contributed by atoms with E-state index in [2.05, 4.69) is 5.32 Å². The number of benzene rings is 2. The number of hydrogen-bond acceptors (Lipinski definition) is 5. The van der Waals surface area contributed by atoms with Crippen LogP contribution in [-0.4, -0.2) is 41.1 Å². The first-order chi connectivity index (χ1) is 14.0. The molecule has 0 radical (unpaired) electrons. The molecule has 2 saturated heterocycles. The lowest BCUT2D eigenvalue weighted by Gasteiger charge is -2.34. The molecule has 2 aromatic carbocycles. The van der Waals surface area contributed by atoms with Crippen LogP contribution in [0.15, 0.2) is 54.6 Å². The van der Waals surface area contributed by atoms with E-state index in [4.69, 9.17) is 4.74 Å². The minimum absolute atomic E-state index is 0.0108. The number of ether oxygens (including phenoxy) is 1. The number of nitrogens with zero attached hydrogens (tertiary/aromatic N) is 1. The number of carbonyl (C=O) groups excluding carboxylic acids is 3. The third-order valence-corrected chi connectivity index (χ3v) is 6.91. The lowest BCUT2D eigenvalue weighted by Crippen LogP contribution is -2.48. The van der Waals surface area contributed by atoms with Crippen LogP contribution in [0.1, 0.15) is 35.7 Å². The molecule has 0 aromatic heterocycles. The van der Waals surface area contributed by atoms with Crippen molar-refractivity contribution in [2.75, 3.05) is 17.7 Å². The lowest BCUT2D eigenvalue weighted by atomic mass is 10.0. The van der Waals surface area contributed by atoms with Crippen LogP contribution in [0.2, 0.25) is 0 Å². The van der Waals surface area contributed by atoms with Gasteiger partial charge in [0.05, 0.1) is 12.2 Å². The number of nitrogens with one attached hydrogen (secondary N) is 1. The highest BCUT2D eigenvalue weighted by Crippen LogP contribution is 2.54. The molecule has 1 N–H and O–H groups in total. The SMILES string of the molecule is CCOC(=O)c1ccc(NC(=O)[C@@H]2CS[C@]3(c4ccccc4)CCC(=O)N23)cc1. The van der Waals surface area contributed by atoms with Crippen LogP contribution in [0.3, 0.4) is 0 Å². The van der Waals surface area contributed by atoms with Gasteiger partial charge in [-0.1, -0.05) is 30.3 Å². The van der Waals surface area contributed by atoms with E-state index in [9.17, 15) is 14.4 Å². The molecule has 0 aliphatic carbocycles. The Hall–Kier alpha value is -2.80. The molecule has 2 aliphatic rings. The normalized spacial score (nSPS) is 23.0. The maximum Gasteiger partial charge on any atom is 0.338 e. The van der Waals surface area contributed by atoms with Crippen molar-refractivity contribution in [3.05, 3.63) is 65.7 Å². The van der Waals surface area contributed by atoms with Crippen LogP contribution in [0, 0.1) is 0 Å². The highest BCUT2D eigenvalue weighted by Gasteiger charge is 2.56. The quantitative estimate of drug-likeness (QED) is 0.765. The third kappa shape index (κ3) is 3.51. The molecule has 0 unspecified atom stereocenters. The molecular formula is C22H22N2O4S. The Morgan fingerprint density at radius 2 is 1.90 bits per heavy atom. The van der Waals surface area contributed by atoms with Crippen LogP contribution >= 0.6 is 11.8 Å². The van der Waals surface area contributed by atoms with Crippen LogP contribution in [-0.2, 0) is 19.2 Å². The molecule has 6 nitrogen and oxygen atoms in total. The Morgan fingerprint density at radius 1 is 1.17 bits per heavy atom. The molecule has 2 atom stereocenters. The summed E-state index contributed by atoms with van der Waals surface area (Å²) in [7, 11) is 0. The van der Waals surface area contributed by atoms with Gasteiger partial charge in [-0.3, -0.25) is 9.59 Å². The monoisotopic (exact) mass is 410 g/mol. The summed E-state index contributed by atoms with van der Waals surface area (Å²) in [5, 5.41) is 2.89. The van der Waals surface area contributed by atoms with E-state index in [1.807, 2.05) is 30.3 Å². The maximum absolute atomic E-state index is 13.0. The van der Waals surface area contributed by atoms with E-state index >= 15 is 0 Å². The first kappa shape index (κ1) is 19.5. The zero-order valence-corrected chi connectivity index (χ0v) is 16.9. The highest BCUT2D eigenvalue weighted by molar-refractivity contribution is 8.00. The smallest absolute Gasteiger partial charge is 0.338 e. The van der Waals surface area contributed by atoms with Gasteiger partial charge >= 0.3 is 5.97 Å². The van der Waals surface area contributed by atoms with Crippen LogP contribution in [0.5, 0.6) is 0 Å². The van der Waals surface area contributed by atoms with Crippen molar-refractivity contribution < 1.29 is 19.1 Å². The molecule has 0 saturated carbocycles. The molecule has 2 aliphatic heterocycles. The van der Waals surface area contributed by atoms with Crippen molar-refractivity contribution in [3.63, 3.8) is 0 Å². The summed E-state index contributed by atoms with van der Waals surface area (Å²) in [6.45, 7) is 2.06. The standard InChI is InChI=1S/C22H22N2O4S/c1-2-28-21(27)15-8-10-17(11-9-15)23-20(26)18-14-29-22(13-12-19(25)24(18)22)16-6-4-3-5-7-16/h3-11,18H,2,12-14H2,1H3,(H,23,26)/t18-,22-/m0/s1. The molecule has 0 bridgehead atoms. The Labute approximate surface area is 173 Å². The largest absolute Gasteiger partial charge is 0.462 e. The first-order valence-corrected chi connectivity index (χ1v) is 10.6. The maximum atomic E-state index is 13.0. The predicted molar refractivity (Wildman–Crippen MR) is 111 cm³/mol. The number of thioether (sulfide) groups is 1. The predicted octanol–water partition coefficient (Wildman–Crippen LogP) is 3.39. The molecule has 150 valence electrons. The van der Waals surface area contributed by atoms with Gasteiger partial charge in [0, 0.05) is 17.9 Å². The molecule has 7 heteroatoms. The average Bonchev–Trinajstić information content (AvgIpc) is 3.29. The lowest BCUT2D eigenvalue weighted by molar-refractivity contribution is -0.136. The zero-order chi connectivity index (χ0) is 20.4. The van der Waals surface area contributed by atoms with Crippen molar-refractivity contribution in [1.82, 2.24) is 4.90 Å². The van der Waals surface area contributed by atoms with E-state index in [1.54, 1.807) is 47.9 Å². The number of esters is 1. The summed E-state index contributed by atoms with van der Waals surface area (Å²) in [6.07, 6.45) is 1.15. The summed E-state index contributed by atoms with van der Waals surface area (Å²) < 4.78 is 4.97. The van der Waals surface area contributed by atoms with Gasteiger partial charge in [-0.2, -0.15) is 0 Å². The van der Waals surface area contributed by atoms with Gasteiger partial charge in [0.1, 0.15) is 10.9 Å². The second-order valence-electron chi connectivity index (χ2n) is 7.03. The van der Waals surface area contributed by atoms with Crippen molar-refractivity contribution >= 4 is 35.2 Å². The van der Waals surface area contributed by atoms with Gasteiger partial charge in [0.25, 0.3) is 0 Å². The fraction of sp³-hybridized carbons (Fsp3) is 0.318. The van der Waals surface area contributed by atoms with E-state index in [1.165, 1.54) is 0 Å². The summed E-state index contributed by atoms with van der Waals surface area (Å²) in [5.41, 5.74) is 2.07. The molecular weight excluding hydrogens is 388 g/mol. The summed E-state index contributed by atoms with van der Waals surface area (Å²) in [4.78, 5) is 38.7. The van der Waals surface area contributed by atoms with Gasteiger partial charge in [-0.25, -0.2) is 4.79 Å². The summed E-state index contributed by atoms with van der Waals surface area (Å²) in [5.74, 6) is -0.0492. The van der Waals surface area contributed by atoms with Crippen molar-refractivity contribution in [3.8, 4) is 0 Å². The van der Waals surface area contributed by atoms with Crippen molar-refractivity contribution in [2.45, 2.75) is 30.7 Å². The van der Waals surface area contributed by atoms with Gasteiger partial charge in [0.15, 0.2) is 0 Å². The fourth-order valence-electron chi connectivity index (χ4n) is 3.97. The first-order valence-electron chi connectivity index (χ1n) is 9.65. The number of amides is 2. The summed E-state index contributed by atoms with van der Waals surface area (Å²) >= 11 is 1.66. The number of carbonyl (C=O) groups is 3. The van der Waals surface area contributed by atoms with Crippen molar-refractivity contribution in [1.29, 1.82) is 0 Å². The number of rotatable bonds is 5. The molecule has 2 aromatic rings. The Morgan fingerprint density at radius 3 is 2.59 bits per heavy atom. The molecule has 29 heavy (non-hydrogen) atoms. The van der Waals surface area contributed by atoms with E-state index in [-0.39, 0.29) is 11.8 Å².